The van der Waals surface area contributed by atoms with E-state index < -0.39 is 0 Å². The first kappa shape index (κ1) is 13.6. The van der Waals surface area contributed by atoms with E-state index in [0.717, 1.165) is 35.8 Å². The van der Waals surface area contributed by atoms with Crippen LogP contribution >= 0.6 is 0 Å². The molecule has 0 spiro atoms. The highest BCUT2D eigenvalue weighted by atomic mass is 16.5. The van der Waals surface area contributed by atoms with Crippen LogP contribution in [0, 0.1) is 0 Å². The molecule has 0 aliphatic heterocycles. The van der Waals surface area contributed by atoms with Crippen LogP contribution in [0.4, 0.5) is 0 Å². The second kappa shape index (κ2) is 6.35. The molecule has 1 aromatic carbocycles. The van der Waals surface area contributed by atoms with Gasteiger partial charge < -0.3 is 19.1 Å². The van der Waals surface area contributed by atoms with Gasteiger partial charge in [0.1, 0.15) is 17.2 Å². The molecule has 0 saturated carbocycles. The minimum atomic E-state index is 0.743. The summed E-state index contributed by atoms with van der Waals surface area (Å²) >= 11 is 0. The smallest absolute Gasteiger partial charge is 0.129 e. The first-order chi connectivity index (χ1) is 8.12. The summed E-state index contributed by atoms with van der Waals surface area (Å²) < 4.78 is 16.0. The molecule has 0 amide bonds. The number of nitrogens with zero attached hydrogens (tertiary/aromatic N) is 1. The van der Waals surface area contributed by atoms with Crippen LogP contribution in [0.2, 0.25) is 0 Å². The number of ether oxygens (including phenoxy) is 3. The van der Waals surface area contributed by atoms with Crippen molar-refractivity contribution >= 4 is 0 Å². The van der Waals surface area contributed by atoms with Crippen molar-refractivity contribution in [1.29, 1.82) is 0 Å². The van der Waals surface area contributed by atoms with Gasteiger partial charge in [-0.15, -0.1) is 0 Å². The molecule has 1 rings (SSSR count). The molecule has 4 heteroatoms. The van der Waals surface area contributed by atoms with Crippen molar-refractivity contribution in [2.75, 3.05) is 42.0 Å². The largest absolute Gasteiger partial charge is 0.496 e. The molecule has 1 aromatic rings. The lowest BCUT2D eigenvalue weighted by Gasteiger charge is -2.16. The van der Waals surface area contributed by atoms with Crippen molar-refractivity contribution in [1.82, 2.24) is 4.90 Å². The van der Waals surface area contributed by atoms with Gasteiger partial charge in [-0.2, -0.15) is 0 Å². The Balaban J connectivity index is 3.06. The molecule has 0 bridgehead atoms. The molecule has 0 aliphatic carbocycles. The van der Waals surface area contributed by atoms with Crippen LogP contribution in [0.5, 0.6) is 17.2 Å². The predicted octanol–water partition coefficient (Wildman–Crippen LogP) is 1.82. The number of benzene rings is 1. The standard InChI is InChI=1S/C13H21NO3/c1-14(2)7-6-11-12(16-4)8-10(15-3)9-13(11)17-5/h8-9H,6-7H2,1-5H3. The van der Waals surface area contributed by atoms with Crippen molar-refractivity contribution in [3.8, 4) is 17.2 Å². The zero-order valence-electron chi connectivity index (χ0n) is 11.2. The molecule has 0 N–H and O–H groups in total. The first-order valence-corrected chi connectivity index (χ1v) is 5.56. The lowest BCUT2D eigenvalue weighted by atomic mass is 10.1. The molecule has 0 heterocycles. The molecular weight excluding hydrogens is 218 g/mol. The first-order valence-electron chi connectivity index (χ1n) is 5.56. The van der Waals surface area contributed by atoms with Gasteiger partial charge in [0.15, 0.2) is 0 Å². The Morgan fingerprint density at radius 3 is 1.82 bits per heavy atom. The summed E-state index contributed by atoms with van der Waals surface area (Å²) in [5, 5.41) is 0. The average Bonchev–Trinajstić information content (AvgIpc) is 2.34. The van der Waals surface area contributed by atoms with Gasteiger partial charge in [-0.05, 0) is 20.5 Å². The summed E-state index contributed by atoms with van der Waals surface area (Å²) in [4.78, 5) is 2.13. The minimum absolute atomic E-state index is 0.743. The zero-order valence-corrected chi connectivity index (χ0v) is 11.2. The number of hydrogen-bond acceptors (Lipinski definition) is 4. The van der Waals surface area contributed by atoms with Crippen molar-refractivity contribution < 1.29 is 14.2 Å². The van der Waals surface area contributed by atoms with Gasteiger partial charge >= 0.3 is 0 Å². The van der Waals surface area contributed by atoms with Crippen molar-refractivity contribution in [2.45, 2.75) is 6.42 Å². The molecule has 17 heavy (non-hydrogen) atoms. The van der Waals surface area contributed by atoms with Crippen LogP contribution in [-0.2, 0) is 6.42 Å². The Hall–Kier alpha value is -1.42. The third-order valence-corrected chi connectivity index (χ3v) is 2.63. The Bertz CT molecular complexity index is 339. The molecule has 0 atom stereocenters. The van der Waals surface area contributed by atoms with Gasteiger partial charge in [0.2, 0.25) is 0 Å². The fraction of sp³-hybridized carbons (Fsp3) is 0.538. The summed E-state index contributed by atoms with van der Waals surface area (Å²) in [5.74, 6) is 2.36. The zero-order chi connectivity index (χ0) is 12.8. The van der Waals surface area contributed by atoms with E-state index in [2.05, 4.69) is 4.90 Å². The van der Waals surface area contributed by atoms with Crippen LogP contribution in [0.25, 0.3) is 0 Å². The second-order valence-corrected chi connectivity index (χ2v) is 4.06. The number of rotatable bonds is 6. The lowest BCUT2D eigenvalue weighted by Crippen LogP contribution is -2.16. The summed E-state index contributed by atoms with van der Waals surface area (Å²) in [6.45, 7) is 0.944. The molecule has 96 valence electrons. The number of likely N-dealkylation sites (N-methyl/N-ethyl adjacent to an activating group) is 1. The Morgan fingerprint density at radius 1 is 0.941 bits per heavy atom. The van der Waals surface area contributed by atoms with E-state index in [1.165, 1.54) is 0 Å². The van der Waals surface area contributed by atoms with Crippen LogP contribution in [0.1, 0.15) is 5.56 Å². The van der Waals surface area contributed by atoms with Gasteiger partial charge in [0.05, 0.1) is 21.3 Å². The Morgan fingerprint density at radius 2 is 1.47 bits per heavy atom. The number of methoxy groups -OCH3 is 3. The molecule has 0 aromatic heterocycles. The van der Waals surface area contributed by atoms with E-state index in [-0.39, 0.29) is 0 Å². The monoisotopic (exact) mass is 239 g/mol. The van der Waals surface area contributed by atoms with E-state index in [4.69, 9.17) is 14.2 Å². The van der Waals surface area contributed by atoms with Gasteiger partial charge in [-0.3, -0.25) is 0 Å². The molecule has 0 unspecified atom stereocenters. The molecule has 0 radical (unpaired) electrons. The summed E-state index contributed by atoms with van der Waals surface area (Å²) in [6, 6.07) is 3.76. The molecule has 0 fully saturated rings. The third kappa shape index (κ3) is 3.53. The summed E-state index contributed by atoms with van der Waals surface area (Å²) in [7, 11) is 9.04. The van der Waals surface area contributed by atoms with Crippen LogP contribution in [-0.4, -0.2) is 46.9 Å². The highest BCUT2D eigenvalue weighted by Gasteiger charge is 2.13. The highest BCUT2D eigenvalue weighted by Crippen LogP contribution is 2.34. The summed E-state index contributed by atoms with van der Waals surface area (Å²) in [5.41, 5.74) is 1.07. The molecule has 0 aliphatic rings. The summed E-state index contributed by atoms with van der Waals surface area (Å²) in [6.07, 6.45) is 0.878. The van der Waals surface area contributed by atoms with E-state index in [0.29, 0.717) is 0 Å². The number of hydrogen-bond donors (Lipinski definition) is 0. The van der Waals surface area contributed by atoms with Gasteiger partial charge in [-0.1, -0.05) is 0 Å². The maximum Gasteiger partial charge on any atom is 0.129 e. The second-order valence-electron chi connectivity index (χ2n) is 4.06. The van der Waals surface area contributed by atoms with Gasteiger partial charge in [0, 0.05) is 24.2 Å². The quantitative estimate of drug-likeness (QED) is 0.757. The molecule has 4 nitrogen and oxygen atoms in total. The lowest BCUT2D eigenvalue weighted by molar-refractivity contribution is 0.359. The Kier molecular flexibility index (Phi) is 5.10. The predicted molar refractivity (Wildman–Crippen MR) is 68.4 cm³/mol. The van der Waals surface area contributed by atoms with Crippen LogP contribution in [0.15, 0.2) is 12.1 Å². The van der Waals surface area contributed by atoms with E-state index in [1.807, 2.05) is 26.2 Å². The molecular formula is C13H21NO3. The Labute approximate surface area is 103 Å². The van der Waals surface area contributed by atoms with Crippen molar-refractivity contribution in [3.05, 3.63) is 17.7 Å². The fourth-order valence-corrected chi connectivity index (χ4v) is 1.66. The maximum atomic E-state index is 5.38. The van der Waals surface area contributed by atoms with Gasteiger partial charge in [-0.25, -0.2) is 0 Å². The third-order valence-electron chi connectivity index (χ3n) is 2.63. The average molecular weight is 239 g/mol. The van der Waals surface area contributed by atoms with Crippen molar-refractivity contribution in [2.24, 2.45) is 0 Å². The van der Waals surface area contributed by atoms with Crippen LogP contribution < -0.4 is 14.2 Å². The normalized spacial score (nSPS) is 10.5. The van der Waals surface area contributed by atoms with E-state index >= 15 is 0 Å². The van der Waals surface area contributed by atoms with Crippen LogP contribution in [0.3, 0.4) is 0 Å². The SMILES string of the molecule is COc1cc(OC)c(CCN(C)C)c(OC)c1. The van der Waals surface area contributed by atoms with Gasteiger partial charge in [0.25, 0.3) is 0 Å². The maximum absolute atomic E-state index is 5.38. The fourth-order valence-electron chi connectivity index (χ4n) is 1.66. The van der Waals surface area contributed by atoms with Crippen molar-refractivity contribution in [3.63, 3.8) is 0 Å². The topological polar surface area (TPSA) is 30.9 Å². The van der Waals surface area contributed by atoms with E-state index in [1.54, 1.807) is 21.3 Å². The van der Waals surface area contributed by atoms with E-state index in [9.17, 15) is 0 Å². The molecule has 0 saturated heterocycles. The highest BCUT2D eigenvalue weighted by molar-refractivity contribution is 5.50. The minimum Gasteiger partial charge on any atom is -0.496 e.